The number of carbonyl (C=O) groups excluding carboxylic acids is 1. The molecule has 0 aromatic heterocycles. The first-order valence-electron chi connectivity index (χ1n) is 3.53. The van der Waals surface area contributed by atoms with Crippen LogP contribution in [-0.2, 0) is 4.79 Å². The van der Waals surface area contributed by atoms with Crippen molar-refractivity contribution in [2.75, 3.05) is 0 Å². The van der Waals surface area contributed by atoms with Crippen molar-refractivity contribution in [2.45, 2.75) is 0 Å². The van der Waals surface area contributed by atoms with Crippen molar-refractivity contribution in [2.24, 2.45) is 0 Å². The largest absolute Gasteiger partial charge is 0.307 e. The molecule has 11 heavy (non-hydrogen) atoms. The number of allylic oxidation sites excluding steroid dienone is 1. The Morgan fingerprint density at radius 1 is 1.27 bits per heavy atom. The molecular formula is C9H9BO. The van der Waals surface area contributed by atoms with Crippen LogP contribution in [0.2, 0.25) is 0 Å². The van der Waals surface area contributed by atoms with Gasteiger partial charge in [-0.1, -0.05) is 36.4 Å². The summed E-state index contributed by atoms with van der Waals surface area (Å²) in [4.78, 5) is 10.5. The predicted octanol–water partition coefficient (Wildman–Crippen LogP) is 0.859. The van der Waals surface area contributed by atoms with Crippen LogP contribution in [0.4, 0.5) is 0 Å². The fourth-order valence-corrected chi connectivity index (χ4v) is 0.778. The third kappa shape index (κ3) is 2.85. The Bertz CT molecular complexity index is 264. The number of hydrogen-bond acceptors (Lipinski definition) is 1. The molecule has 0 atom stereocenters. The number of rotatable bonds is 2. The molecule has 0 N–H and O–H groups in total. The fraction of sp³-hybridized carbons (Fsp3) is 0. The molecule has 2 heteroatoms. The highest BCUT2D eigenvalue weighted by molar-refractivity contribution is 6.61. The van der Waals surface area contributed by atoms with E-state index in [1.54, 1.807) is 13.9 Å². The molecule has 1 aromatic carbocycles. The summed E-state index contributed by atoms with van der Waals surface area (Å²) in [6.45, 7) is 0. The Balaban J connectivity index is 2.72. The molecule has 0 radical (unpaired) electrons. The first-order chi connectivity index (χ1) is 5.29. The molecule has 0 spiro atoms. The van der Waals surface area contributed by atoms with Crippen molar-refractivity contribution in [3.63, 3.8) is 0 Å². The monoisotopic (exact) mass is 144 g/mol. The van der Waals surface area contributed by atoms with Crippen LogP contribution in [0.5, 0.6) is 0 Å². The summed E-state index contributed by atoms with van der Waals surface area (Å²) < 4.78 is 0. The number of carbonyl (C=O) groups is 1. The minimum Gasteiger partial charge on any atom is -0.307 e. The third-order valence-corrected chi connectivity index (χ3v) is 1.31. The summed E-state index contributed by atoms with van der Waals surface area (Å²) in [7, 11) is 1.54. The average Bonchev–Trinajstić information content (AvgIpc) is 2.03. The average molecular weight is 144 g/mol. The van der Waals surface area contributed by atoms with Gasteiger partial charge in [-0.2, -0.15) is 0 Å². The van der Waals surface area contributed by atoms with Gasteiger partial charge in [0.1, 0.15) is 5.68 Å². The minimum atomic E-state index is 0.0776. The van der Waals surface area contributed by atoms with Gasteiger partial charge in [0.25, 0.3) is 0 Å². The lowest BCUT2D eigenvalue weighted by Gasteiger charge is -1.88. The molecule has 0 saturated carbocycles. The van der Waals surface area contributed by atoms with E-state index in [0.717, 1.165) is 5.56 Å². The van der Waals surface area contributed by atoms with Crippen LogP contribution < -0.4 is 0 Å². The molecule has 1 rings (SSSR count). The predicted molar refractivity (Wildman–Crippen MR) is 49.0 cm³/mol. The maximum absolute atomic E-state index is 10.5. The molecule has 0 saturated heterocycles. The molecule has 0 bridgehead atoms. The SMILES string of the molecule is BC(=O)/C=C/c1ccccc1. The lowest BCUT2D eigenvalue weighted by molar-refractivity contribution is -0.107. The van der Waals surface area contributed by atoms with Gasteiger partial charge in [-0.25, -0.2) is 0 Å². The van der Waals surface area contributed by atoms with E-state index in [2.05, 4.69) is 0 Å². The van der Waals surface area contributed by atoms with Crippen molar-refractivity contribution in [3.8, 4) is 0 Å². The molecular weight excluding hydrogens is 135 g/mol. The van der Waals surface area contributed by atoms with E-state index < -0.39 is 0 Å². The molecule has 1 nitrogen and oxygen atoms in total. The van der Waals surface area contributed by atoms with Crippen LogP contribution >= 0.6 is 0 Å². The molecule has 0 aliphatic rings. The normalized spacial score (nSPS) is 10.2. The van der Waals surface area contributed by atoms with E-state index in [4.69, 9.17) is 0 Å². The summed E-state index contributed by atoms with van der Waals surface area (Å²) in [5.41, 5.74) is 1.14. The van der Waals surface area contributed by atoms with Crippen molar-refractivity contribution >= 4 is 19.6 Å². The van der Waals surface area contributed by atoms with Gasteiger partial charge < -0.3 is 4.79 Å². The van der Waals surface area contributed by atoms with Crippen LogP contribution in [0, 0.1) is 0 Å². The van der Waals surface area contributed by atoms with E-state index in [0.29, 0.717) is 0 Å². The van der Waals surface area contributed by atoms with Crippen LogP contribution in [0.3, 0.4) is 0 Å². The second-order valence-corrected chi connectivity index (χ2v) is 2.35. The van der Waals surface area contributed by atoms with Crippen molar-refractivity contribution in [1.82, 2.24) is 0 Å². The van der Waals surface area contributed by atoms with E-state index in [1.165, 1.54) is 0 Å². The van der Waals surface area contributed by atoms with Crippen LogP contribution in [0.15, 0.2) is 36.4 Å². The quantitative estimate of drug-likeness (QED) is 0.444. The molecule has 0 heterocycles. The zero-order valence-electron chi connectivity index (χ0n) is 6.45. The summed E-state index contributed by atoms with van der Waals surface area (Å²) in [6, 6.07) is 9.75. The standard InChI is InChI=1S/C9H9BO/c10-9(11)7-6-8-4-2-1-3-5-8/h1-7H,10H2/b7-6+. The van der Waals surface area contributed by atoms with Crippen LogP contribution in [0.25, 0.3) is 6.08 Å². The maximum Gasteiger partial charge on any atom is 0.192 e. The number of hydrogen-bond donors (Lipinski definition) is 0. The van der Waals surface area contributed by atoms with Crippen molar-refractivity contribution in [3.05, 3.63) is 42.0 Å². The minimum absolute atomic E-state index is 0.0776. The zero-order chi connectivity index (χ0) is 8.10. The van der Waals surface area contributed by atoms with Gasteiger partial charge >= 0.3 is 0 Å². The van der Waals surface area contributed by atoms with Crippen molar-refractivity contribution in [1.29, 1.82) is 0 Å². The lowest BCUT2D eigenvalue weighted by atomic mass is 10.0. The highest BCUT2D eigenvalue weighted by Gasteiger charge is 1.83. The Labute approximate surface area is 67.1 Å². The molecule has 1 aromatic rings. The first-order valence-corrected chi connectivity index (χ1v) is 3.53. The van der Waals surface area contributed by atoms with E-state index in [9.17, 15) is 4.79 Å². The maximum atomic E-state index is 10.5. The molecule has 0 aliphatic heterocycles. The molecule has 0 fully saturated rings. The summed E-state index contributed by atoms with van der Waals surface area (Å²) in [6.07, 6.45) is 3.37. The van der Waals surface area contributed by atoms with Gasteiger partial charge in [0.05, 0.1) is 0 Å². The van der Waals surface area contributed by atoms with Crippen LogP contribution in [-0.4, -0.2) is 13.5 Å². The summed E-state index contributed by atoms with van der Waals surface area (Å²) >= 11 is 0. The Hall–Kier alpha value is -1.31. The van der Waals surface area contributed by atoms with E-state index in [1.807, 2.05) is 36.4 Å². The highest BCUT2D eigenvalue weighted by Crippen LogP contribution is 1.99. The topological polar surface area (TPSA) is 17.1 Å². The summed E-state index contributed by atoms with van der Waals surface area (Å²) in [5.74, 6) is 0. The molecule has 0 unspecified atom stereocenters. The molecule has 54 valence electrons. The van der Waals surface area contributed by atoms with Gasteiger partial charge in [-0.15, -0.1) is 0 Å². The smallest absolute Gasteiger partial charge is 0.192 e. The van der Waals surface area contributed by atoms with Gasteiger partial charge in [0.2, 0.25) is 0 Å². The Morgan fingerprint density at radius 2 is 1.91 bits per heavy atom. The zero-order valence-corrected chi connectivity index (χ0v) is 6.45. The first kappa shape index (κ1) is 7.80. The van der Waals surface area contributed by atoms with Gasteiger partial charge in [0, 0.05) is 0 Å². The van der Waals surface area contributed by atoms with E-state index >= 15 is 0 Å². The van der Waals surface area contributed by atoms with Gasteiger partial charge in [-0.05, 0) is 11.6 Å². The van der Waals surface area contributed by atoms with Crippen LogP contribution in [0.1, 0.15) is 5.56 Å². The molecule has 0 amide bonds. The second-order valence-electron chi connectivity index (χ2n) is 2.35. The fourth-order valence-electron chi connectivity index (χ4n) is 0.778. The van der Waals surface area contributed by atoms with Gasteiger partial charge in [-0.3, -0.25) is 0 Å². The Morgan fingerprint density at radius 3 is 2.45 bits per heavy atom. The number of benzene rings is 1. The van der Waals surface area contributed by atoms with Crippen molar-refractivity contribution < 1.29 is 4.79 Å². The highest BCUT2D eigenvalue weighted by atomic mass is 16.1. The van der Waals surface area contributed by atoms with Gasteiger partial charge in [0.15, 0.2) is 7.85 Å². The second kappa shape index (κ2) is 3.76. The molecule has 0 aliphatic carbocycles. The lowest BCUT2D eigenvalue weighted by Crippen LogP contribution is -1.86. The third-order valence-electron chi connectivity index (χ3n) is 1.31. The Kier molecular flexibility index (Phi) is 2.67. The van der Waals surface area contributed by atoms with E-state index in [-0.39, 0.29) is 5.68 Å². The summed E-state index contributed by atoms with van der Waals surface area (Å²) in [5, 5.41) is 0.